The van der Waals surface area contributed by atoms with Crippen molar-refractivity contribution in [1.29, 1.82) is 0 Å². The Hall–Kier alpha value is -1.66. The molecule has 1 fully saturated rings. The molecule has 0 aliphatic carbocycles. The Kier molecular flexibility index (Phi) is 7.98. The molecule has 134 valence electrons. The quantitative estimate of drug-likeness (QED) is 0.673. The zero-order valence-corrected chi connectivity index (χ0v) is 14.4. The lowest BCUT2D eigenvalue weighted by molar-refractivity contribution is -0.122. The van der Waals surface area contributed by atoms with Crippen molar-refractivity contribution in [2.75, 3.05) is 46.4 Å². The average molecular weight is 337 g/mol. The van der Waals surface area contributed by atoms with Crippen molar-refractivity contribution in [3.63, 3.8) is 0 Å². The summed E-state index contributed by atoms with van der Waals surface area (Å²) in [7, 11) is 1.99. The van der Waals surface area contributed by atoms with Crippen LogP contribution in [0.4, 0.5) is 4.39 Å². The Morgan fingerprint density at radius 3 is 2.62 bits per heavy atom. The molecule has 1 heterocycles. The van der Waals surface area contributed by atoms with Crippen LogP contribution in [0.15, 0.2) is 24.3 Å². The van der Waals surface area contributed by atoms with Crippen molar-refractivity contribution in [3.05, 3.63) is 30.1 Å². The van der Waals surface area contributed by atoms with Crippen LogP contribution >= 0.6 is 0 Å². The Morgan fingerprint density at radius 1 is 1.25 bits per heavy atom. The molecular weight excluding hydrogens is 309 g/mol. The molecule has 1 amide bonds. The van der Waals surface area contributed by atoms with Gasteiger partial charge >= 0.3 is 0 Å². The van der Waals surface area contributed by atoms with E-state index in [0.29, 0.717) is 25.4 Å². The lowest BCUT2D eigenvalue weighted by atomic mass is 9.93. The fourth-order valence-corrected chi connectivity index (χ4v) is 2.93. The zero-order chi connectivity index (χ0) is 17.2. The van der Waals surface area contributed by atoms with Crippen molar-refractivity contribution in [2.45, 2.75) is 19.3 Å². The SMILES string of the molecule is CNCCC1CCN(CC(=O)NCCOc2ccc(F)cc2)CC1. The predicted octanol–water partition coefficient (Wildman–Crippen LogP) is 1.64. The van der Waals surface area contributed by atoms with Crippen molar-refractivity contribution < 1.29 is 13.9 Å². The second-order valence-electron chi connectivity index (χ2n) is 6.26. The second kappa shape index (κ2) is 10.3. The minimum atomic E-state index is -0.287. The molecular formula is C18H28FN3O2. The molecule has 6 heteroatoms. The van der Waals surface area contributed by atoms with Gasteiger partial charge in [-0.2, -0.15) is 0 Å². The number of rotatable bonds is 9. The maximum atomic E-state index is 12.8. The summed E-state index contributed by atoms with van der Waals surface area (Å²) in [6, 6.07) is 5.87. The third-order valence-electron chi connectivity index (χ3n) is 4.38. The average Bonchev–Trinajstić information content (AvgIpc) is 2.60. The number of hydrogen-bond donors (Lipinski definition) is 2. The zero-order valence-electron chi connectivity index (χ0n) is 14.4. The first-order valence-corrected chi connectivity index (χ1v) is 8.69. The molecule has 1 saturated heterocycles. The molecule has 0 spiro atoms. The largest absolute Gasteiger partial charge is 0.492 e. The summed E-state index contributed by atoms with van der Waals surface area (Å²) in [5, 5.41) is 6.06. The summed E-state index contributed by atoms with van der Waals surface area (Å²) in [6.45, 7) is 4.34. The molecule has 2 N–H and O–H groups in total. The first-order valence-electron chi connectivity index (χ1n) is 8.69. The minimum absolute atomic E-state index is 0.0337. The molecule has 0 bridgehead atoms. The Morgan fingerprint density at radius 2 is 1.96 bits per heavy atom. The van der Waals surface area contributed by atoms with Crippen molar-refractivity contribution in [3.8, 4) is 5.75 Å². The first kappa shape index (κ1) is 18.7. The van der Waals surface area contributed by atoms with Gasteiger partial charge in [0.05, 0.1) is 13.1 Å². The van der Waals surface area contributed by atoms with Gasteiger partial charge in [-0.05, 0) is 76.1 Å². The van der Waals surface area contributed by atoms with E-state index >= 15 is 0 Å². The van der Waals surface area contributed by atoms with Crippen LogP contribution in [-0.4, -0.2) is 57.2 Å². The van der Waals surface area contributed by atoms with Gasteiger partial charge < -0.3 is 15.4 Å². The summed E-state index contributed by atoms with van der Waals surface area (Å²) >= 11 is 0. The molecule has 0 unspecified atom stereocenters. The molecule has 1 aliphatic heterocycles. The van der Waals surface area contributed by atoms with E-state index in [0.717, 1.165) is 25.6 Å². The van der Waals surface area contributed by atoms with Gasteiger partial charge in [-0.1, -0.05) is 0 Å². The van der Waals surface area contributed by atoms with Gasteiger partial charge in [0.1, 0.15) is 18.2 Å². The minimum Gasteiger partial charge on any atom is -0.492 e. The first-order chi connectivity index (χ1) is 11.7. The van der Waals surface area contributed by atoms with Crippen LogP contribution in [-0.2, 0) is 4.79 Å². The van der Waals surface area contributed by atoms with Crippen LogP contribution in [0.5, 0.6) is 5.75 Å². The van der Waals surface area contributed by atoms with Crippen LogP contribution in [0.2, 0.25) is 0 Å². The molecule has 5 nitrogen and oxygen atoms in total. The Bertz CT molecular complexity index is 488. The van der Waals surface area contributed by atoms with Crippen LogP contribution in [0.3, 0.4) is 0 Å². The Balaban J connectivity index is 1.54. The van der Waals surface area contributed by atoms with Gasteiger partial charge in [0, 0.05) is 0 Å². The maximum absolute atomic E-state index is 12.8. The standard InChI is InChI=1S/C18H28FN3O2/c1-20-9-6-15-7-11-22(12-8-15)14-18(23)21-10-13-24-17-4-2-16(19)3-5-17/h2-5,15,20H,6-14H2,1H3,(H,21,23). The van der Waals surface area contributed by atoms with Gasteiger partial charge in [-0.25, -0.2) is 4.39 Å². The molecule has 1 aromatic rings. The highest BCUT2D eigenvalue weighted by Crippen LogP contribution is 2.19. The summed E-state index contributed by atoms with van der Waals surface area (Å²) in [5.41, 5.74) is 0. The summed E-state index contributed by atoms with van der Waals surface area (Å²) in [5.74, 6) is 1.13. The molecule has 0 radical (unpaired) electrons. The number of ether oxygens (including phenoxy) is 1. The summed E-state index contributed by atoms with van der Waals surface area (Å²) in [4.78, 5) is 14.2. The molecule has 1 aliphatic rings. The highest BCUT2D eigenvalue weighted by Gasteiger charge is 2.20. The normalized spacial score (nSPS) is 16.1. The van der Waals surface area contributed by atoms with Crippen LogP contribution < -0.4 is 15.4 Å². The fraction of sp³-hybridized carbons (Fsp3) is 0.611. The molecule has 2 rings (SSSR count). The molecule has 1 aromatic carbocycles. The van der Waals surface area contributed by atoms with Crippen LogP contribution in [0, 0.1) is 11.7 Å². The molecule has 24 heavy (non-hydrogen) atoms. The van der Waals surface area contributed by atoms with Crippen LogP contribution in [0.25, 0.3) is 0 Å². The molecule has 0 aromatic heterocycles. The predicted molar refractivity (Wildman–Crippen MR) is 92.6 cm³/mol. The number of carbonyl (C=O) groups is 1. The van der Waals surface area contributed by atoms with Gasteiger partial charge in [0.25, 0.3) is 0 Å². The number of benzene rings is 1. The van der Waals surface area contributed by atoms with Crippen LogP contribution in [0.1, 0.15) is 19.3 Å². The monoisotopic (exact) mass is 337 g/mol. The number of likely N-dealkylation sites (tertiary alicyclic amines) is 1. The van der Waals surface area contributed by atoms with Gasteiger partial charge in [-0.15, -0.1) is 0 Å². The second-order valence-corrected chi connectivity index (χ2v) is 6.26. The highest BCUT2D eigenvalue weighted by molar-refractivity contribution is 5.78. The number of carbonyl (C=O) groups excluding carboxylic acids is 1. The van der Waals surface area contributed by atoms with Crippen molar-refractivity contribution >= 4 is 5.91 Å². The number of hydrogen-bond acceptors (Lipinski definition) is 4. The van der Waals surface area contributed by atoms with E-state index in [2.05, 4.69) is 15.5 Å². The van der Waals surface area contributed by atoms with Gasteiger partial charge in [-0.3, -0.25) is 9.69 Å². The fourth-order valence-electron chi connectivity index (χ4n) is 2.93. The number of nitrogens with zero attached hydrogens (tertiary/aromatic N) is 1. The lowest BCUT2D eigenvalue weighted by Gasteiger charge is -2.31. The lowest BCUT2D eigenvalue weighted by Crippen LogP contribution is -2.42. The Labute approximate surface area is 143 Å². The van der Waals surface area contributed by atoms with Crippen molar-refractivity contribution in [1.82, 2.24) is 15.5 Å². The smallest absolute Gasteiger partial charge is 0.234 e. The maximum Gasteiger partial charge on any atom is 0.234 e. The topological polar surface area (TPSA) is 53.6 Å². The van der Waals surface area contributed by atoms with Gasteiger partial charge in [0.15, 0.2) is 0 Å². The third kappa shape index (κ3) is 6.84. The van der Waals surface area contributed by atoms with E-state index in [1.807, 2.05) is 7.05 Å². The van der Waals surface area contributed by atoms with E-state index in [9.17, 15) is 9.18 Å². The number of piperidine rings is 1. The number of nitrogens with one attached hydrogen (secondary N) is 2. The highest BCUT2D eigenvalue weighted by atomic mass is 19.1. The van der Waals surface area contributed by atoms with Gasteiger partial charge in [0.2, 0.25) is 5.91 Å². The van der Waals surface area contributed by atoms with E-state index < -0.39 is 0 Å². The molecule has 0 atom stereocenters. The summed E-state index contributed by atoms with van der Waals surface area (Å²) < 4.78 is 18.2. The third-order valence-corrected chi connectivity index (χ3v) is 4.38. The number of halogens is 1. The van der Waals surface area contributed by atoms with E-state index in [1.165, 1.54) is 31.4 Å². The molecule has 0 saturated carbocycles. The number of amides is 1. The van der Waals surface area contributed by atoms with E-state index in [-0.39, 0.29) is 11.7 Å². The van der Waals surface area contributed by atoms with Crippen molar-refractivity contribution in [2.24, 2.45) is 5.92 Å². The van der Waals surface area contributed by atoms with E-state index in [1.54, 1.807) is 12.1 Å². The summed E-state index contributed by atoms with van der Waals surface area (Å²) in [6.07, 6.45) is 3.56. The van der Waals surface area contributed by atoms with E-state index in [4.69, 9.17) is 4.74 Å².